The molecule has 126 valence electrons. The fraction of sp³-hybridized carbons (Fsp3) is 0.650. The fourth-order valence-electron chi connectivity index (χ4n) is 5.32. The molecule has 0 bridgehead atoms. The van der Waals surface area contributed by atoms with Crippen molar-refractivity contribution in [2.75, 3.05) is 14.2 Å². The fourth-order valence-corrected chi connectivity index (χ4v) is 5.32. The van der Waals surface area contributed by atoms with Crippen LogP contribution in [0, 0.1) is 18.3 Å². The third-order valence-electron chi connectivity index (χ3n) is 6.52. The average molecular weight is 316 g/mol. The Hall–Kier alpha value is -1.51. The minimum absolute atomic E-state index is 0.0236. The van der Waals surface area contributed by atoms with Gasteiger partial charge in [0.25, 0.3) is 0 Å². The zero-order valence-corrected chi connectivity index (χ0v) is 15.0. The molecule has 0 spiro atoms. The maximum absolute atomic E-state index is 12.5. The van der Waals surface area contributed by atoms with E-state index in [2.05, 4.69) is 32.9 Å². The lowest BCUT2D eigenvalue weighted by molar-refractivity contribution is -0.161. The second kappa shape index (κ2) is 5.54. The normalized spacial score (nSPS) is 32.7. The number of carbonyl (C=O) groups excluding carboxylic acids is 1. The molecule has 0 saturated heterocycles. The number of rotatable bonds is 2. The van der Waals surface area contributed by atoms with Gasteiger partial charge < -0.3 is 9.47 Å². The van der Waals surface area contributed by atoms with Crippen molar-refractivity contribution in [3.8, 4) is 5.75 Å². The van der Waals surface area contributed by atoms with Gasteiger partial charge in [-0.25, -0.2) is 0 Å². The summed E-state index contributed by atoms with van der Waals surface area (Å²) in [5, 5.41) is 0. The molecule has 2 aliphatic rings. The summed E-state index contributed by atoms with van der Waals surface area (Å²) in [4.78, 5) is 12.5. The molecule has 0 radical (unpaired) electrons. The third-order valence-corrected chi connectivity index (χ3v) is 6.52. The molecule has 1 fully saturated rings. The second-order valence-corrected chi connectivity index (χ2v) is 7.75. The molecule has 0 aliphatic heterocycles. The number of carbonyl (C=O) groups is 1. The molecule has 1 unspecified atom stereocenters. The highest BCUT2D eigenvalue weighted by molar-refractivity contribution is 5.77. The van der Waals surface area contributed by atoms with Crippen molar-refractivity contribution in [1.29, 1.82) is 0 Å². The molecular formula is C20H28O3. The van der Waals surface area contributed by atoms with Gasteiger partial charge in [-0.05, 0) is 73.6 Å². The average Bonchev–Trinajstić information content (AvgIpc) is 2.53. The van der Waals surface area contributed by atoms with Gasteiger partial charge in [-0.15, -0.1) is 0 Å². The predicted molar refractivity (Wildman–Crippen MR) is 90.9 cm³/mol. The van der Waals surface area contributed by atoms with E-state index in [0.717, 1.165) is 37.9 Å². The van der Waals surface area contributed by atoms with Crippen LogP contribution in [0.15, 0.2) is 12.1 Å². The van der Waals surface area contributed by atoms with Crippen LogP contribution in [0.25, 0.3) is 0 Å². The second-order valence-electron chi connectivity index (χ2n) is 7.75. The van der Waals surface area contributed by atoms with E-state index in [-0.39, 0.29) is 16.8 Å². The Balaban J connectivity index is 2.12. The van der Waals surface area contributed by atoms with E-state index in [4.69, 9.17) is 9.47 Å². The van der Waals surface area contributed by atoms with E-state index in [1.165, 1.54) is 23.8 Å². The Labute approximate surface area is 139 Å². The Morgan fingerprint density at radius 2 is 1.96 bits per heavy atom. The number of hydrogen-bond acceptors (Lipinski definition) is 3. The Morgan fingerprint density at radius 1 is 1.22 bits per heavy atom. The topological polar surface area (TPSA) is 35.5 Å². The van der Waals surface area contributed by atoms with Gasteiger partial charge >= 0.3 is 5.97 Å². The lowest BCUT2D eigenvalue weighted by Gasteiger charge is -2.54. The van der Waals surface area contributed by atoms with Crippen molar-refractivity contribution < 1.29 is 14.3 Å². The molecule has 0 N–H and O–H groups in total. The van der Waals surface area contributed by atoms with Crippen LogP contribution in [0.1, 0.15) is 56.2 Å². The van der Waals surface area contributed by atoms with E-state index < -0.39 is 0 Å². The molecule has 0 aromatic heterocycles. The van der Waals surface area contributed by atoms with Crippen molar-refractivity contribution >= 4 is 5.97 Å². The summed E-state index contributed by atoms with van der Waals surface area (Å²) in [6.07, 6.45) is 5.21. The number of fused-ring (bicyclic) bond motifs is 3. The maximum Gasteiger partial charge on any atom is 0.311 e. The lowest BCUT2D eigenvalue weighted by atomic mass is 9.49. The SMILES string of the molecule is COC(=O)[C@@]1(C)CCC[C@@]2(C)c3cc(OC)c(C)cc3CCC21. The Bertz CT molecular complexity index is 636. The zero-order chi connectivity index (χ0) is 16.8. The van der Waals surface area contributed by atoms with E-state index >= 15 is 0 Å². The van der Waals surface area contributed by atoms with Crippen molar-refractivity contribution in [2.45, 2.75) is 58.3 Å². The number of esters is 1. The van der Waals surface area contributed by atoms with Crippen LogP contribution < -0.4 is 4.74 Å². The minimum Gasteiger partial charge on any atom is -0.496 e. The first kappa shape index (κ1) is 16.4. The number of methoxy groups -OCH3 is 2. The van der Waals surface area contributed by atoms with Crippen molar-refractivity contribution in [1.82, 2.24) is 0 Å². The summed E-state index contributed by atoms with van der Waals surface area (Å²) in [6, 6.07) is 4.50. The van der Waals surface area contributed by atoms with E-state index in [0.29, 0.717) is 5.92 Å². The first-order chi connectivity index (χ1) is 10.9. The quantitative estimate of drug-likeness (QED) is 0.768. The van der Waals surface area contributed by atoms with Gasteiger partial charge in [0, 0.05) is 0 Å². The van der Waals surface area contributed by atoms with Crippen LogP contribution in [0.4, 0.5) is 0 Å². The van der Waals surface area contributed by atoms with Crippen LogP contribution in [0.5, 0.6) is 5.75 Å². The third kappa shape index (κ3) is 2.28. The number of ether oxygens (including phenoxy) is 2. The molecule has 1 saturated carbocycles. The Kier molecular flexibility index (Phi) is 3.94. The summed E-state index contributed by atoms with van der Waals surface area (Å²) in [5.41, 5.74) is 3.65. The van der Waals surface area contributed by atoms with Gasteiger partial charge in [-0.2, -0.15) is 0 Å². The van der Waals surface area contributed by atoms with Gasteiger partial charge in [0.1, 0.15) is 5.75 Å². The maximum atomic E-state index is 12.5. The first-order valence-corrected chi connectivity index (χ1v) is 8.63. The monoisotopic (exact) mass is 316 g/mol. The summed E-state index contributed by atoms with van der Waals surface area (Å²) < 4.78 is 10.7. The van der Waals surface area contributed by atoms with Gasteiger partial charge in [-0.1, -0.05) is 19.4 Å². The highest BCUT2D eigenvalue weighted by atomic mass is 16.5. The minimum atomic E-state index is -0.377. The van der Waals surface area contributed by atoms with Crippen molar-refractivity contribution in [3.63, 3.8) is 0 Å². The smallest absolute Gasteiger partial charge is 0.311 e. The highest BCUT2D eigenvalue weighted by Gasteiger charge is 2.55. The number of hydrogen-bond donors (Lipinski definition) is 0. The lowest BCUT2D eigenvalue weighted by Crippen LogP contribution is -2.52. The molecule has 3 rings (SSSR count). The van der Waals surface area contributed by atoms with Crippen LogP contribution in [-0.2, 0) is 21.4 Å². The van der Waals surface area contributed by atoms with Crippen molar-refractivity contribution in [2.24, 2.45) is 11.3 Å². The molecule has 1 aromatic rings. The molecule has 0 heterocycles. The van der Waals surface area contributed by atoms with Crippen LogP contribution in [0.3, 0.4) is 0 Å². The van der Waals surface area contributed by atoms with Crippen molar-refractivity contribution in [3.05, 3.63) is 28.8 Å². The van der Waals surface area contributed by atoms with Crippen LogP contribution in [0.2, 0.25) is 0 Å². The van der Waals surface area contributed by atoms with Gasteiger partial charge in [-0.3, -0.25) is 4.79 Å². The summed E-state index contributed by atoms with van der Waals surface area (Å²) in [7, 11) is 3.25. The van der Waals surface area contributed by atoms with Gasteiger partial charge in [0.15, 0.2) is 0 Å². The zero-order valence-electron chi connectivity index (χ0n) is 15.0. The predicted octanol–water partition coefficient (Wildman–Crippen LogP) is 4.19. The summed E-state index contributed by atoms with van der Waals surface area (Å²) >= 11 is 0. The number of benzene rings is 1. The molecule has 2 aliphatic carbocycles. The van der Waals surface area contributed by atoms with Gasteiger partial charge in [0.2, 0.25) is 0 Å². The van der Waals surface area contributed by atoms with Crippen LogP contribution >= 0.6 is 0 Å². The Morgan fingerprint density at radius 3 is 2.61 bits per heavy atom. The van der Waals surface area contributed by atoms with Crippen LogP contribution in [-0.4, -0.2) is 20.2 Å². The largest absolute Gasteiger partial charge is 0.496 e. The van der Waals surface area contributed by atoms with Gasteiger partial charge in [0.05, 0.1) is 19.6 Å². The number of aryl methyl sites for hydroxylation is 2. The van der Waals surface area contributed by atoms with E-state index in [9.17, 15) is 4.79 Å². The van der Waals surface area contributed by atoms with E-state index in [1.54, 1.807) is 7.11 Å². The van der Waals surface area contributed by atoms with E-state index in [1.807, 2.05) is 0 Å². The summed E-state index contributed by atoms with van der Waals surface area (Å²) in [5.74, 6) is 1.24. The molecule has 1 aromatic carbocycles. The first-order valence-electron chi connectivity index (χ1n) is 8.63. The standard InChI is InChI=1S/C20H28O3/c1-13-11-14-7-8-17-19(2,15(14)12-16(13)22-4)9-6-10-20(17,3)18(21)23-5/h11-12,17H,6-10H2,1-5H3/t17?,19-,20-/m0/s1. The molecule has 3 atom stereocenters. The summed E-state index contributed by atoms with van der Waals surface area (Å²) in [6.45, 7) is 6.55. The molecule has 3 heteroatoms. The molecule has 0 amide bonds. The molecule has 23 heavy (non-hydrogen) atoms. The highest BCUT2D eigenvalue weighted by Crippen LogP contribution is 2.58. The molecular weight excluding hydrogens is 288 g/mol. The molecule has 3 nitrogen and oxygen atoms in total.